The lowest BCUT2D eigenvalue weighted by Gasteiger charge is -2.09. The van der Waals surface area contributed by atoms with Crippen molar-refractivity contribution < 1.29 is 8.83 Å². The van der Waals surface area contributed by atoms with E-state index in [4.69, 9.17) is 8.83 Å². The average Bonchev–Trinajstić information content (AvgIpc) is 3.70. The molecule has 9 rings (SSSR count). The monoisotopic (exact) mass is 524 g/mol. The molecule has 3 heterocycles. The van der Waals surface area contributed by atoms with Gasteiger partial charge in [-0.15, -0.1) is 0 Å². The number of para-hydroxylation sites is 4. The maximum absolute atomic E-state index is 9.56. The van der Waals surface area contributed by atoms with E-state index in [1.54, 1.807) is 0 Å². The minimum absolute atomic E-state index is 0.645. The van der Waals surface area contributed by atoms with Gasteiger partial charge < -0.3 is 13.4 Å². The van der Waals surface area contributed by atoms with Gasteiger partial charge in [-0.25, -0.2) is 0 Å². The lowest BCUT2D eigenvalue weighted by Crippen LogP contribution is -1.94. The molecular formula is C37H20N2O2. The van der Waals surface area contributed by atoms with Gasteiger partial charge in [-0.2, -0.15) is 5.26 Å². The van der Waals surface area contributed by atoms with Crippen LogP contribution in [0.1, 0.15) is 5.56 Å². The Morgan fingerprint density at radius 3 is 2.12 bits per heavy atom. The Morgan fingerprint density at radius 1 is 0.512 bits per heavy atom. The maximum Gasteiger partial charge on any atom is 0.159 e. The van der Waals surface area contributed by atoms with Crippen molar-refractivity contribution in [3.8, 4) is 22.9 Å². The molecule has 4 nitrogen and oxygen atoms in total. The van der Waals surface area contributed by atoms with Crippen molar-refractivity contribution in [3.63, 3.8) is 0 Å². The van der Waals surface area contributed by atoms with Crippen LogP contribution in [0.25, 0.3) is 82.5 Å². The highest BCUT2D eigenvalue weighted by molar-refractivity contribution is 6.19. The number of hydrogen-bond acceptors (Lipinski definition) is 3. The van der Waals surface area contributed by atoms with Gasteiger partial charge >= 0.3 is 0 Å². The van der Waals surface area contributed by atoms with E-state index in [2.05, 4.69) is 71.3 Å². The highest BCUT2D eigenvalue weighted by Gasteiger charge is 2.21. The Morgan fingerprint density at radius 2 is 1.20 bits per heavy atom. The summed E-state index contributed by atoms with van der Waals surface area (Å²) in [4.78, 5) is 0. The summed E-state index contributed by atoms with van der Waals surface area (Å²) < 4.78 is 15.3. The summed E-state index contributed by atoms with van der Waals surface area (Å²) in [7, 11) is 0. The molecule has 0 aliphatic rings. The van der Waals surface area contributed by atoms with Gasteiger partial charge in [-0.1, -0.05) is 78.9 Å². The molecule has 0 saturated carbocycles. The number of nitriles is 1. The van der Waals surface area contributed by atoms with Crippen LogP contribution >= 0.6 is 0 Å². The molecule has 9 aromatic rings. The molecule has 6 aromatic carbocycles. The van der Waals surface area contributed by atoms with E-state index < -0.39 is 0 Å². The molecule has 0 fully saturated rings. The Labute approximate surface area is 233 Å². The fourth-order valence-corrected chi connectivity index (χ4v) is 6.49. The van der Waals surface area contributed by atoms with Crippen LogP contribution in [0.15, 0.2) is 130 Å². The SMILES string of the molecule is N#Cc1ccc2c(c1)c1ccccc1n2-c1cccc2c1oc1cccc(-c3cccc4c3oc3ccccc34)c12. The van der Waals surface area contributed by atoms with Gasteiger partial charge in [-0.3, -0.25) is 0 Å². The summed E-state index contributed by atoms with van der Waals surface area (Å²) in [6, 6.07) is 43.6. The summed E-state index contributed by atoms with van der Waals surface area (Å²) in [6.45, 7) is 0. The second-order valence-electron chi connectivity index (χ2n) is 10.4. The Hall–Kier alpha value is -5.79. The van der Waals surface area contributed by atoms with Gasteiger partial charge in [0.05, 0.1) is 28.4 Å². The predicted molar refractivity (Wildman–Crippen MR) is 165 cm³/mol. The molecule has 0 saturated heterocycles. The normalized spacial score (nSPS) is 11.9. The fraction of sp³-hybridized carbons (Fsp3) is 0. The molecule has 0 N–H and O–H groups in total. The highest BCUT2D eigenvalue weighted by atomic mass is 16.3. The van der Waals surface area contributed by atoms with Gasteiger partial charge in [0.15, 0.2) is 5.58 Å². The van der Waals surface area contributed by atoms with E-state index in [0.717, 1.165) is 82.5 Å². The van der Waals surface area contributed by atoms with Gasteiger partial charge in [0, 0.05) is 37.9 Å². The molecule has 0 unspecified atom stereocenters. The molecule has 0 aliphatic heterocycles. The smallest absolute Gasteiger partial charge is 0.159 e. The number of fused-ring (bicyclic) bond motifs is 9. The Bertz CT molecular complexity index is 2550. The third-order valence-corrected chi connectivity index (χ3v) is 8.24. The fourth-order valence-electron chi connectivity index (χ4n) is 6.49. The molecule has 0 bridgehead atoms. The van der Waals surface area contributed by atoms with Crippen molar-refractivity contribution in [1.29, 1.82) is 5.26 Å². The molecule has 0 amide bonds. The zero-order chi connectivity index (χ0) is 27.1. The summed E-state index contributed by atoms with van der Waals surface area (Å²) in [5.74, 6) is 0. The van der Waals surface area contributed by atoms with Crippen molar-refractivity contribution in [3.05, 3.63) is 127 Å². The number of benzene rings is 6. The number of furan rings is 2. The zero-order valence-electron chi connectivity index (χ0n) is 21.8. The largest absolute Gasteiger partial charge is 0.455 e. The van der Waals surface area contributed by atoms with E-state index >= 15 is 0 Å². The molecule has 0 spiro atoms. The summed E-state index contributed by atoms with van der Waals surface area (Å²) >= 11 is 0. The zero-order valence-corrected chi connectivity index (χ0v) is 21.8. The van der Waals surface area contributed by atoms with Crippen LogP contribution in [0.5, 0.6) is 0 Å². The highest BCUT2D eigenvalue weighted by Crippen LogP contribution is 2.43. The molecule has 41 heavy (non-hydrogen) atoms. The lowest BCUT2D eigenvalue weighted by molar-refractivity contribution is 0.666. The third-order valence-electron chi connectivity index (χ3n) is 8.24. The maximum atomic E-state index is 9.56. The average molecular weight is 525 g/mol. The van der Waals surface area contributed by atoms with Crippen molar-refractivity contribution in [1.82, 2.24) is 4.57 Å². The number of rotatable bonds is 2. The van der Waals surface area contributed by atoms with E-state index in [1.807, 2.05) is 60.7 Å². The third kappa shape index (κ3) is 2.98. The van der Waals surface area contributed by atoms with Gasteiger partial charge in [-0.05, 0) is 48.0 Å². The molecule has 0 atom stereocenters. The van der Waals surface area contributed by atoms with Gasteiger partial charge in [0.2, 0.25) is 0 Å². The van der Waals surface area contributed by atoms with Crippen LogP contribution in [0, 0.1) is 11.3 Å². The number of aromatic nitrogens is 1. The Balaban J connectivity index is 1.37. The molecule has 0 aliphatic carbocycles. The first kappa shape index (κ1) is 22.1. The molecule has 190 valence electrons. The minimum atomic E-state index is 0.645. The van der Waals surface area contributed by atoms with E-state index in [-0.39, 0.29) is 0 Å². The van der Waals surface area contributed by atoms with Crippen LogP contribution in [-0.2, 0) is 0 Å². The summed E-state index contributed by atoms with van der Waals surface area (Å²) in [5, 5.41) is 16.0. The first-order chi connectivity index (χ1) is 20.3. The summed E-state index contributed by atoms with van der Waals surface area (Å²) in [5.41, 5.74) is 9.22. The lowest BCUT2D eigenvalue weighted by atomic mass is 9.97. The van der Waals surface area contributed by atoms with Crippen molar-refractivity contribution in [2.24, 2.45) is 0 Å². The predicted octanol–water partition coefficient (Wildman–Crippen LogP) is 10.1. The quantitative estimate of drug-likeness (QED) is 0.226. The number of hydrogen-bond donors (Lipinski definition) is 0. The first-order valence-electron chi connectivity index (χ1n) is 13.6. The first-order valence-corrected chi connectivity index (χ1v) is 13.6. The number of nitrogens with zero attached hydrogens (tertiary/aromatic N) is 2. The van der Waals surface area contributed by atoms with Crippen LogP contribution in [-0.4, -0.2) is 4.57 Å². The van der Waals surface area contributed by atoms with Crippen molar-refractivity contribution >= 4 is 65.7 Å². The van der Waals surface area contributed by atoms with Crippen LogP contribution < -0.4 is 0 Å². The molecular weight excluding hydrogens is 504 g/mol. The second kappa shape index (κ2) is 8.11. The Kier molecular flexibility index (Phi) is 4.37. The van der Waals surface area contributed by atoms with Crippen molar-refractivity contribution in [2.75, 3.05) is 0 Å². The van der Waals surface area contributed by atoms with Gasteiger partial charge in [0.1, 0.15) is 16.7 Å². The van der Waals surface area contributed by atoms with Crippen LogP contribution in [0.4, 0.5) is 0 Å². The summed E-state index contributed by atoms with van der Waals surface area (Å²) in [6.07, 6.45) is 0. The topological polar surface area (TPSA) is 55.0 Å². The van der Waals surface area contributed by atoms with Crippen LogP contribution in [0.3, 0.4) is 0 Å². The van der Waals surface area contributed by atoms with Crippen molar-refractivity contribution in [2.45, 2.75) is 0 Å². The molecule has 3 aromatic heterocycles. The van der Waals surface area contributed by atoms with E-state index in [1.165, 1.54) is 0 Å². The molecule has 0 radical (unpaired) electrons. The van der Waals surface area contributed by atoms with Gasteiger partial charge in [0.25, 0.3) is 0 Å². The minimum Gasteiger partial charge on any atom is -0.455 e. The second-order valence-corrected chi connectivity index (χ2v) is 10.4. The van der Waals surface area contributed by atoms with E-state index in [0.29, 0.717) is 5.56 Å². The van der Waals surface area contributed by atoms with E-state index in [9.17, 15) is 5.26 Å². The standard InChI is InChI=1S/C37H20N2O2/c38-21-22-18-19-31-29(20-22)23-8-1-3-14-30(23)39(31)32-15-6-13-28-35-25(10-7-17-34(35)41-37(28)32)27-12-5-11-26-24-9-2-4-16-33(24)40-36(26)27/h1-20H. The molecule has 4 heteroatoms. The van der Waals surface area contributed by atoms with Crippen LogP contribution in [0.2, 0.25) is 0 Å².